The maximum Gasteiger partial charge on any atom is 0.404 e. The zero-order valence-electron chi connectivity index (χ0n) is 6.63. The number of nitrogens with two attached hydrogens (primary N) is 1. The first-order valence-corrected chi connectivity index (χ1v) is 3.60. The number of hydrogen-bond acceptors (Lipinski definition) is 3. The van der Waals surface area contributed by atoms with Gasteiger partial charge in [0.25, 0.3) is 0 Å². The fraction of sp³-hybridized carbons (Fsp3) is 0.857. The molecule has 0 aromatic carbocycles. The van der Waals surface area contributed by atoms with E-state index >= 15 is 0 Å². The van der Waals surface area contributed by atoms with Crippen molar-refractivity contribution in [1.82, 2.24) is 0 Å². The molecule has 0 bridgehead atoms. The van der Waals surface area contributed by atoms with Gasteiger partial charge in [-0.15, -0.1) is 0 Å². The van der Waals surface area contributed by atoms with Gasteiger partial charge in [0, 0.05) is 12.5 Å². The number of hydrogen-bond donors (Lipinski definition) is 1. The van der Waals surface area contributed by atoms with E-state index in [1.807, 2.05) is 0 Å². The Kier molecular flexibility index (Phi) is 2.34. The average Bonchev–Trinajstić information content (AvgIpc) is 2.67. The minimum absolute atomic E-state index is 0.0871. The number of amides is 1. The number of primary amides is 1. The second-order valence-corrected chi connectivity index (χ2v) is 3.04. The van der Waals surface area contributed by atoms with Gasteiger partial charge in [-0.1, -0.05) is 0 Å². The maximum absolute atomic E-state index is 10.2. The Balaban J connectivity index is 2.19. The topological polar surface area (TPSA) is 61.6 Å². The monoisotopic (exact) mass is 159 g/mol. The van der Waals surface area contributed by atoms with Crippen molar-refractivity contribution in [2.75, 3.05) is 20.3 Å². The number of carbonyl (C=O) groups excluding carboxylic acids is 1. The van der Waals surface area contributed by atoms with Crippen molar-refractivity contribution in [3.8, 4) is 0 Å². The summed E-state index contributed by atoms with van der Waals surface area (Å²) in [5.74, 6) is 0. The van der Waals surface area contributed by atoms with Gasteiger partial charge in [0.05, 0.1) is 6.61 Å². The Morgan fingerprint density at radius 2 is 2.18 bits per heavy atom. The van der Waals surface area contributed by atoms with Crippen LogP contribution in [-0.4, -0.2) is 26.4 Å². The van der Waals surface area contributed by atoms with Gasteiger partial charge in [-0.2, -0.15) is 0 Å². The molecule has 1 aliphatic carbocycles. The van der Waals surface area contributed by atoms with E-state index in [9.17, 15) is 4.79 Å². The standard InChI is InChI=1S/C7H13NO3/c1-10-4-7(2-3-7)5-11-6(8)9/h2-5H2,1H3,(H2,8,9). The number of ether oxygens (including phenoxy) is 2. The lowest BCUT2D eigenvalue weighted by molar-refractivity contribution is 0.0780. The van der Waals surface area contributed by atoms with Crippen LogP contribution in [0.4, 0.5) is 4.79 Å². The van der Waals surface area contributed by atoms with Crippen LogP contribution in [0.3, 0.4) is 0 Å². The van der Waals surface area contributed by atoms with E-state index in [0.29, 0.717) is 13.2 Å². The first-order valence-electron chi connectivity index (χ1n) is 3.60. The molecule has 0 atom stereocenters. The molecule has 0 radical (unpaired) electrons. The molecule has 2 N–H and O–H groups in total. The molecule has 4 heteroatoms. The van der Waals surface area contributed by atoms with Crippen LogP contribution in [0.5, 0.6) is 0 Å². The molecule has 0 aliphatic heterocycles. The largest absolute Gasteiger partial charge is 0.449 e. The molecule has 0 spiro atoms. The summed E-state index contributed by atoms with van der Waals surface area (Å²) in [7, 11) is 1.64. The van der Waals surface area contributed by atoms with E-state index in [1.54, 1.807) is 7.11 Å². The van der Waals surface area contributed by atoms with Crippen LogP contribution in [-0.2, 0) is 9.47 Å². The van der Waals surface area contributed by atoms with Gasteiger partial charge >= 0.3 is 6.09 Å². The predicted molar refractivity (Wildman–Crippen MR) is 39.1 cm³/mol. The van der Waals surface area contributed by atoms with Crippen molar-refractivity contribution in [1.29, 1.82) is 0 Å². The van der Waals surface area contributed by atoms with Crippen LogP contribution in [0, 0.1) is 5.41 Å². The third-order valence-electron chi connectivity index (χ3n) is 1.93. The van der Waals surface area contributed by atoms with Crippen LogP contribution in [0.25, 0.3) is 0 Å². The summed E-state index contributed by atoms with van der Waals surface area (Å²) >= 11 is 0. The predicted octanol–water partition coefficient (Wildman–Crippen LogP) is 0.508. The lowest BCUT2D eigenvalue weighted by Gasteiger charge is -2.12. The molecule has 1 saturated carbocycles. The normalized spacial score (nSPS) is 19.4. The van der Waals surface area contributed by atoms with E-state index in [2.05, 4.69) is 4.74 Å². The summed E-state index contributed by atoms with van der Waals surface area (Å²) in [6, 6.07) is 0. The Hall–Kier alpha value is -0.770. The van der Waals surface area contributed by atoms with Crippen molar-refractivity contribution in [3.05, 3.63) is 0 Å². The highest BCUT2D eigenvalue weighted by Gasteiger charge is 2.43. The van der Waals surface area contributed by atoms with E-state index in [4.69, 9.17) is 10.5 Å². The van der Waals surface area contributed by atoms with Crippen LogP contribution in [0.2, 0.25) is 0 Å². The Morgan fingerprint density at radius 3 is 2.55 bits per heavy atom. The molecule has 0 heterocycles. The summed E-state index contributed by atoms with van der Waals surface area (Å²) in [6.07, 6.45) is 1.43. The van der Waals surface area contributed by atoms with Crippen molar-refractivity contribution < 1.29 is 14.3 Å². The fourth-order valence-electron chi connectivity index (χ4n) is 1.04. The van der Waals surface area contributed by atoms with E-state index < -0.39 is 6.09 Å². The molecule has 0 saturated heterocycles. The molecule has 1 rings (SSSR count). The van der Waals surface area contributed by atoms with Gasteiger partial charge in [0.15, 0.2) is 0 Å². The van der Waals surface area contributed by atoms with E-state index in [1.165, 1.54) is 0 Å². The third-order valence-corrected chi connectivity index (χ3v) is 1.93. The Labute approximate surface area is 65.7 Å². The summed E-state index contributed by atoms with van der Waals surface area (Å²) in [4.78, 5) is 10.2. The highest BCUT2D eigenvalue weighted by atomic mass is 16.5. The van der Waals surface area contributed by atoms with Crippen LogP contribution in [0.1, 0.15) is 12.8 Å². The van der Waals surface area contributed by atoms with Gasteiger partial charge in [-0.05, 0) is 12.8 Å². The van der Waals surface area contributed by atoms with Gasteiger partial charge in [-0.3, -0.25) is 0 Å². The van der Waals surface area contributed by atoms with Crippen molar-refractivity contribution in [3.63, 3.8) is 0 Å². The van der Waals surface area contributed by atoms with Crippen LogP contribution < -0.4 is 5.73 Å². The zero-order valence-corrected chi connectivity index (χ0v) is 6.63. The van der Waals surface area contributed by atoms with Crippen LogP contribution in [0.15, 0.2) is 0 Å². The summed E-state index contributed by atoms with van der Waals surface area (Å²) in [5, 5.41) is 0. The summed E-state index contributed by atoms with van der Waals surface area (Å²) in [5.41, 5.74) is 4.91. The van der Waals surface area contributed by atoms with E-state index in [0.717, 1.165) is 12.8 Å². The van der Waals surface area contributed by atoms with Gasteiger partial charge < -0.3 is 15.2 Å². The second-order valence-electron chi connectivity index (χ2n) is 3.04. The molecular weight excluding hydrogens is 146 g/mol. The average molecular weight is 159 g/mol. The van der Waals surface area contributed by atoms with Crippen molar-refractivity contribution in [2.45, 2.75) is 12.8 Å². The molecule has 1 amide bonds. The molecule has 64 valence electrons. The first-order chi connectivity index (χ1) is 5.18. The number of rotatable bonds is 4. The number of methoxy groups -OCH3 is 1. The Bertz CT molecular complexity index is 154. The van der Waals surface area contributed by atoms with Crippen LogP contribution >= 0.6 is 0 Å². The highest BCUT2D eigenvalue weighted by molar-refractivity contribution is 5.64. The van der Waals surface area contributed by atoms with E-state index in [-0.39, 0.29) is 5.41 Å². The summed E-state index contributed by atoms with van der Waals surface area (Å²) in [6.45, 7) is 1.05. The molecule has 0 aromatic rings. The fourth-order valence-corrected chi connectivity index (χ4v) is 1.04. The molecule has 1 fully saturated rings. The SMILES string of the molecule is COCC1(COC(N)=O)CC1. The second kappa shape index (κ2) is 3.09. The molecule has 1 aliphatic rings. The quantitative estimate of drug-likeness (QED) is 0.650. The minimum atomic E-state index is -0.702. The lowest BCUT2D eigenvalue weighted by atomic mass is 10.1. The first kappa shape index (κ1) is 8.33. The molecule has 0 unspecified atom stereocenters. The zero-order chi connectivity index (χ0) is 8.32. The van der Waals surface area contributed by atoms with Gasteiger partial charge in [0.1, 0.15) is 6.61 Å². The Morgan fingerprint density at radius 1 is 1.55 bits per heavy atom. The minimum Gasteiger partial charge on any atom is -0.449 e. The molecule has 11 heavy (non-hydrogen) atoms. The third kappa shape index (κ3) is 2.38. The molecular formula is C7H13NO3. The van der Waals surface area contributed by atoms with Crippen molar-refractivity contribution >= 4 is 6.09 Å². The molecule has 4 nitrogen and oxygen atoms in total. The molecule has 0 aromatic heterocycles. The number of carbonyl (C=O) groups is 1. The smallest absolute Gasteiger partial charge is 0.404 e. The van der Waals surface area contributed by atoms with Crippen molar-refractivity contribution in [2.24, 2.45) is 11.1 Å². The van der Waals surface area contributed by atoms with Gasteiger partial charge in [0.2, 0.25) is 0 Å². The maximum atomic E-state index is 10.2. The highest BCUT2D eigenvalue weighted by Crippen LogP contribution is 2.45. The summed E-state index contributed by atoms with van der Waals surface area (Å²) < 4.78 is 9.65. The van der Waals surface area contributed by atoms with Gasteiger partial charge in [-0.25, -0.2) is 4.79 Å². The lowest BCUT2D eigenvalue weighted by Crippen LogP contribution is -2.22.